The third kappa shape index (κ3) is 6.03. The zero-order valence-corrected chi connectivity index (χ0v) is 20.6. The molecule has 1 N–H and O–H groups in total. The van der Waals surface area contributed by atoms with E-state index in [0.29, 0.717) is 41.8 Å². The van der Waals surface area contributed by atoms with Crippen molar-refractivity contribution >= 4 is 34.6 Å². The van der Waals surface area contributed by atoms with Crippen molar-refractivity contribution in [2.24, 2.45) is 0 Å². The lowest BCUT2D eigenvalue weighted by atomic mass is 10.2. The standard InChI is InChI=1S/C28H28ClN3O3/c1-3-7-20-10-15-25(26(18-20)34-2)35-17-6-16-32-24-9-5-4-8-23(24)31-27(32)19-30-28(33)21-11-13-22(29)14-12-21/h3-5,7-15,18H,6,16-17,19H2,1-2H3,(H,30,33)/b7-3+. The molecule has 0 saturated heterocycles. The van der Waals surface area contributed by atoms with Gasteiger partial charge in [0.2, 0.25) is 0 Å². The second-order valence-corrected chi connectivity index (χ2v) is 8.41. The molecule has 0 spiro atoms. The third-order valence-electron chi connectivity index (χ3n) is 5.58. The highest BCUT2D eigenvalue weighted by Gasteiger charge is 2.13. The average molecular weight is 490 g/mol. The van der Waals surface area contributed by atoms with Gasteiger partial charge in [0.05, 0.1) is 31.3 Å². The minimum atomic E-state index is -0.169. The normalized spacial score (nSPS) is 11.2. The maximum absolute atomic E-state index is 12.6. The molecule has 6 nitrogen and oxygen atoms in total. The monoisotopic (exact) mass is 489 g/mol. The predicted octanol–water partition coefficient (Wildman–Crippen LogP) is 6.13. The van der Waals surface area contributed by atoms with Crippen LogP contribution in [0.3, 0.4) is 0 Å². The van der Waals surface area contributed by atoms with Crippen LogP contribution in [0.25, 0.3) is 17.1 Å². The van der Waals surface area contributed by atoms with Crippen molar-refractivity contribution in [1.82, 2.24) is 14.9 Å². The predicted molar refractivity (Wildman–Crippen MR) is 140 cm³/mol. The quantitative estimate of drug-likeness (QED) is 0.272. The number of methoxy groups -OCH3 is 1. The van der Waals surface area contributed by atoms with Gasteiger partial charge in [-0.3, -0.25) is 4.79 Å². The fraction of sp³-hybridized carbons (Fsp3) is 0.214. The van der Waals surface area contributed by atoms with Crippen molar-refractivity contribution < 1.29 is 14.3 Å². The van der Waals surface area contributed by atoms with E-state index >= 15 is 0 Å². The van der Waals surface area contributed by atoms with Crippen LogP contribution in [0.1, 0.15) is 35.1 Å². The molecule has 4 rings (SSSR count). The summed E-state index contributed by atoms with van der Waals surface area (Å²) in [5, 5.41) is 3.56. The number of benzene rings is 3. The molecule has 0 unspecified atom stereocenters. The summed E-state index contributed by atoms with van der Waals surface area (Å²) in [5.41, 5.74) is 3.54. The van der Waals surface area contributed by atoms with Crippen molar-refractivity contribution in [2.75, 3.05) is 13.7 Å². The van der Waals surface area contributed by atoms with E-state index in [2.05, 4.69) is 9.88 Å². The van der Waals surface area contributed by atoms with Crippen LogP contribution in [-0.4, -0.2) is 29.2 Å². The molecular formula is C28H28ClN3O3. The van der Waals surface area contributed by atoms with E-state index in [-0.39, 0.29) is 5.91 Å². The summed E-state index contributed by atoms with van der Waals surface area (Å²) in [4.78, 5) is 17.3. The molecule has 1 amide bonds. The van der Waals surface area contributed by atoms with Crippen molar-refractivity contribution in [1.29, 1.82) is 0 Å². The first kappa shape index (κ1) is 24.4. The molecule has 0 aliphatic heterocycles. The van der Waals surface area contributed by atoms with Gasteiger partial charge >= 0.3 is 0 Å². The maximum atomic E-state index is 12.6. The molecule has 0 radical (unpaired) electrons. The lowest BCUT2D eigenvalue weighted by molar-refractivity contribution is 0.0949. The summed E-state index contributed by atoms with van der Waals surface area (Å²) in [6.07, 6.45) is 4.77. The minimum absolute atomic E-state index is 0.169. The topological polar surface area (TPSA) is 65.4 Å². The second kappa shape index (κ2) is 11.6. The number of fused-ring (bicyclic) bond motifs is 1. The summed E-state index contributed by atoms with van der Waals surface area (Å²) >= 11 is 5.93. The number of rotatable bonds is 10. The number of ether oxygens (including phenoxy) is 2. The van der Waals surface area contributed by atoms with Gasteiger partial charge in [0.15, 0.2) is 11.5 Å². The van der Waals surface area contributed by atoms with Crippen LogP contribution >= 0.6 is 11.6 Å². The Morgan fingerprint density at radius 1 is 1.09 bits per heavy atom. The number of amides is 1. The Kier molecular flexibility index (Phi) is 8.06. The Hall–Kier alpha value is -3.77. The number of aryl methyl sites for hydroxylation is 1. The van der Waals surface area contributed by atoms with E-state index in [1.807, 2.05) is 61.5 Å². The molecule has 0 bridgehead atoms. The van der Waals surface area contributed by atoms with Crippen molar-refractivity contribution in [3.63, 3.8) is 0 Å². The highest BCUT2D eigenvalue weighted by atomic mass is 35.5. The van der Waals surface area contributed by atoms with Gasteiger partial charge in [0.1, 0.15) is 5.82 Å². The summed E-state index contributed by atoms with van der Waals surface area (Å²) in [6.45, 7) is 3.51. The molecule has 1 heterocycles. The number of carbonyl (C=O) groups excluding carboxylic acids is 1. The Morgan fingerprint density at radius 2 is 1.89 bits per heavy atom. The molecular weight excluding hydrogens is 462 g/mol. The zero-order valence-electron chi connectivity index (χ0n) is 19.8. The molecule has 4 aromatic rings. The molecule has 0 aliphatic carbocycles. The van der Waals surface area contributed by atoms with E-state index in [1.54, 1.807) is 31.4 Å². The number of nitrogens with one attached hydrogen (secondary N) is 1. The maximum Gasteiger partial charge on any atom is 0.251 e. The largest absolute Gasteiger partial charge is 0.493 e. The van der Waals surface area contributed by atoms with Gasteiger partial charge in [-0.2, -0.15) is 0 Å². The number of imidazole rings is 1. The first-order valence-corrected chi connectivity index (χ1v) is 11.9. The molecule has 0 fully saturated rings. The van der Waals surface area contributed by atoms with Gasteiger partial charge in [0.25, 0.3) is 5.91 Å². The zero-order chi connectivity index (χ0) is 24.6. The summed E-state index contributed by atoms with van der Waals surface area (Å²) < 4.78 is 13.6. The van der Waals surface area contributed by atoms with Gasteiger partial charge in [-0.25, -0.2) is 4.98 Å². The first-order chi connectivity index (χ1) is 17.1. The smallest absolute Gasteiger partial charge is 0.251 e. The Labute approximate surface area is 210 Å². The second-order valence-electron chi connectivity index (χ2n) is 7.97. The molecule has 180 valence electrons. The van der Waals surface area contributed by atoms with Crippen molar-refractivity contribution in [3.8, 4) is 11.5 Å². The van der Waals surface area contributed by atoms with Crippen LogP contribution in [0.15, 0.2) is 72.8 Å². The Bertz CT molecular complexity index is 1330. The molecule has 35 heavy (non-hydrogen) atoms. The van der Waals surface area contributed by atoms with E-state index in [4.69, 9.17) is 26.1 Å². The van der Waals surface area contributed by atoms with Crippen LogP contribution in [0, 0.1) is 0 Å². The van der Waals surface area contributed by atoms with Crippen LogP contribution in [-0.2, 0) is 13.1 Å². The number of nitrogens with zero attached hydrogens (tertiary/aromatic N) is 2. The van der Waals surface area contributed by atoms with Gasteiger partial charge in [-0.15, -0.1) is 0 Å². The van der Waals surface area contributed by atoms with Gasteiger partial charge < -0.3 is 19.4 Å². The fourth-order valence-electron chi connectivity index (χ4n) is 3.88. The number of halogens is 1. The minimum Gasteiger partial charge on any atom is -0.493 e. The van der Waals surface area contributed by atoms with E-state index in [9.17, 15) is 4.79 Å². The van der Waals surface area contributed by atoms with E-state index < -0.39 is 0 Å². The number of hydrogen-bond donors (Lipinski definition) is 1. The third-order valence-corrected chi connectivity index (χ3v) is 5.83. The molecule has 0 aliphatic rings. The van der Waals surface area contributed by atoms with Crippen molar-refractivity contribution in [2.45, 2.75) is 26.4 Å². The molecule has 7 heteroatoms. The lowest BCUT2D eigenvalue weighted by Gasteiger charge is -2.13. The number of carbonyl (C=O) groups is 1. The molecule has 3 aromatic carbocycles. The van der Waals surface area contributed by atoms with Gasteiger partial charge in [0, 0.05) is 17.1 Å². The number of para-hydroxylation sites is 2. The van der Waals surface area contributed by atoms with E-state index in [0.717, 1.165) is 28.8 Å². The highest BCUT2D eigenvalue weighted by molar-refractivity contribution is 6.30. The molecule has 0 saturated carbocycles. The molecule has 0 atom stereocenters. The number of allylic oxidation sites excluding steroid dienone is 1. The van der Waals surface area contributed by atoms with Crippen molar-refractivity contribution in [3.05, 3.63) is 94.8 Å². The van der Waals surface area contributed by atoms with Gasteiger partial charge in [-0.1, -0.05) is 42.0 Å². The van der Waals surface area contributed by atoms with Gasteiger partial charge in [-0.05, 0) is 67.4 Å². The Morgan fingerprint density at radius 3 is 2.66 bits per heavy atom. The van der Waals surface area contributed by atoms with E-state index in [1.165, 1.54) is 0 Å². The highest BCUT2D eigenvalue weighted by Crippen LogP contribution is 2.29. The molecule has 1 aromatic heterocycles. The van der Waals surface area contributed by atoms with Crippen LogP contribution in [0.4, 0.5) is 0 Å². The van der Waals surface area contributed by atoms with Crippen LogP contribution in [0.5, 0.6) is 11.5 Å². The SMILES string of the molecule is C/C=C/c1ccc(OCCCn2c(CNC(=O)c3ccc(Cl)cc3)nc3ccccc32)c(OC)c1. The summed E-state index contributed by atoms with van der Waals surface area (Å²) in [5.74, 6) is 2.05. The Balaban J connectivity index is 1.42. The summed E-state index contributed by atoms with van der Waals surface area (Å²) in [7, 11) is 1.64. The number of aromatic nitrogens is 2. The number of hydrogen-bond acceptors (Lipinski definition) is 4. The average Bonchev–Trinajstić information content (AvgIpc) is 3.23. The van der Waals surface area contributed by atoms with Crippen LogP contribution < -0.4 is 14.8 Å². The lowest BCUT2D eigenvalue weighted by Crippen LogP contribution is -2.25. The summed E-state index contributed by atoms with van der Waals surface area (Å²) in [6, 6.07) is 20.7. The first-order valence-electron chi connectivity index (χ1n) is 11.5. The fourth-order valence-corrected chi connectivity index (χ4v) is 4.00. The van der Waals surface area contributed by atoms with Crippen LogP contribution in [0.2, 0.25) is 5.02 Å².